The number of hydrogen-bond acceptors (Lipinski definition) is 1. The summed E-state index contributed by atoms with van der Waals surface area (Å²) in [5.74, 6) is 0.736. The van der Waals surface area contributed by atoms with E-state index in [0.29, 0.717) is 5.02 Å². The van der Waals surface area contributed by atoms with E-state index >= 15 is 0 Å². The molecule has 0 saturated carbocycles. The van der Waals surface area contributed by atoms with Gasteiger partial charge in [-0.3, -0.25) is 0 Å². The lowest BCUT2D eigenvalue weighted by atomic mass is 9.94. The molecule has 0 aliphatic rings. The Balaban J connectivity index is 2.49. The highest BCUT2D eigenvalue weighted by Gasteiger charge is 2.19. The van der Waals surface area contributed by atoms with Gasteiger partial charge in [0.05, 0.1) is 12.5 Å². The summed E-state index contributed by atoms with van der Waals surface area (Å²) in [5.41, 5.74) is 5.66. The lowest BCUT2D eigenvalue weighted by Gasteiger charge is -2.18. The van der Waals surface area contributed by atoms with E-state index in [0.717, 1.165) is 16.9 Å². The molecule has 0 bridgehead atoms. The third-order valence-electron chi connectivity index (χ3n) is 3.47. The summed E-state index contributed by atoms with van der Waals surface area (Å²) >= 11 is 13.0. The van der Waals surface area contributed by atoms with Crippen molar-refractivity contribution in [2.45, 2.75) is 26.1 Å². The van der Waals surface area contributed by atoms with E-state index in [4.69, 9.17) is 27.9 Å². The van der Waals surface area contributed by atoms with Gasteiger partial charge in [0.15, 0.2) is 0 Å². The second-order valence-electron chi connectivity index (χ2n) is 5.06. The van der Waals surface area contributed by atoms with E-state index in [-0.39, 0.29) is 5.38 Å². The average Bonchev–Trinajstić information content (AvgIpc) is 2.37. The van der Waals surface area contributed by atoms with Gasteiger partial charge in [-0.05, 0) is 55.2 Å². The lowest BCUT2D eigenvalue weighted by Crippen LogP contribution is -2.01. The Kier molecular flexibility index (Phi) is 4.62. The molecular formula is C17H18Cl2O. The van der Waals surface area contributed by atoms with Crippen LogP contribution in [0.4, 0.5) is 0 Å². The number of aryl methyl sites for hydroxylation is 3. The summed E-state index contributed by atoms with van der Waals surface area (Å²) in [6, 6.07) is 9.91. The molecule has 0 spiro atoms. The first-order chi connectivity index (χ1) is 9.43. The molecule has 0 N–H and O–H groups in total. The molecule has 1 unspecified atom stereocenters. The minimum absolute atomic E-state index is 0.256. The molecule has 20 heavy (non-hydrogen) atoms. The van der Waals surface area contributed by atoms with Crippen molar-refractivity contribution in [3.63, 3.8) is 0 Å². The second kappa shape index (κ2) is 6.07. The highest BCUT2D eigenvalue weighted by Crippen LogP contribution is 2.38. The van der Waals surface area contributed by atoms with E-state index in [1.165, 1.54) is 16.7 Å². The van der Waals surface area contributed by atoms with Crippen LogP contribution in [0.25, 0.3) is 0 Å². The van der Waals surface area contributed by atoms with Gasteiger partial charge >= 0.3 is 0 Å². The summed E-state index contributed by atoms with van der Waals surface area (Å²) in [5, 5.41) is 0.373. The van der Waals surface area contributed by atoms with Gasteiger partial charge < -0.3 is 4.74 Å². The number of rotatable bonds is 3. The monoisotopic (exact) mass is 308 g/mol. The number of halogens is 2. The molecule has 0 heterocycles. The first-order valence-electron chi connectivity index (χ1n) is 6.49. The summed E-state index contributed by atoms with van der Waals surface area (Å²) in [4.78, 5) is 0. The van der Waals surface area contributed by atoms with E-state index in [1.54, 1.807) is 13.2 Å². The van der Waals surface area contributed by atoms with E-state index in [2.05, 4.69) is 32.9 Å². The molecule has 0 fully saturated rings. The van der Waals surface area contributed by atoms with Crippen LogP contribution in [0.15, 0.2) is 30.3 Å². The molecule has 0 aliphatic heterocycles. The summed E-state index contributed by atoms with van der Waals surface area (Å²) in [7, 11) is 1.62. The second-order valence-corrected chi connectivity index (χ2v) is 5.91. The van der Waals surface area contributed by atoms with Gasteiger partial charge in [-0.15, -0.1) is 11.6 Å². The predicted octanol–water partition coefficient (Wildman–Crippen LogP) is 5.60. The smallest absolute Gasteiger partial charge is 0.120 e. The topological polar surface area (TPSA) is 9.23 Å². The third-order valence-corrected chi connectivity index (χ3v) is 4.25. The average molecular weight is 309 g/mol. The normalized spacial score (nSPS) is 12.3. The van der Waals surface area contributed by atoms with Gasteiger partial charge in [-0.1, -0.05) is 35.4 Å². The Morgan fingerprint density at radius 3 is 2.10 bits per heavy atom. The molecule has 2 rings (SSSR count). The van der Waals surface area contributed by atoms with Crippen molar-refractivity contribution in [2.24, 2.45) is 0 Å². The van der Waals surface area contributed by atoms with Crippen molar-refractivity contribution < 1.29 is 4.74 Å². The molecule has 2 aromatic rings. The molecule has 106 valence electrons. The van der Waals surface area contributed by atoms with Crippen LogP contribution in [0, 0.1) is 20.8 Å². The van der Waals surface area contributed by atoms with Crippen LogP contribution < -0.4 is 4.74 Å². The van der Waals surface area contributed by atoms with Gasteiger partial charge in [0.2, 0.25) is 0 Å². The Morgan fingerprint density at radius 1 is 1.00 bits per heavy atom. The van der Waals surface area contributed by atoms with Crippen molar-refractivity contribution in [1.29, 1.82) is 0 Å². The molecule has 0 aromatic heterocycles. The van der Waals surface area contributed by atoms with Crippen LogP contribution in [-0.2, 0) is 0 Å². The van der Waals surface area contributed by atoms with Crippen molar-refractivity contribution in [3.05, 3.63) is 63.2 Å². The first-order valence-corrected chi connectivity index (χ1v) is 7.30. The number of ether oxygens (including phenoxy) is 1. The number of alkyl halides is 1. The minimum Gasteiger partial charge on any atom is -0.497 e. The van der Waals surface area contributed by atoms with E-state index in [9.17, 15) is 0 Å². The van der Waals surface area contributed by atoms with Gasteiger partial charge in [-0.25, -0.2) is 0 Å². The van der Waals surface area contributed by atoms with Crippen LogP contribution in [-0.4, -0.2) is 7.11 Å². The Hall–Kier alpha value is -1.18. The van der Waals surface area contributed by atoms with Crippen LogP contribution in [0.5, 0.6) is 5.75 Å². The Bertz CT molecular complexity index is 612. The molecule has 1 nitrogen and oxygen atoms in total. The number of methoxy groups -OCH3 is 1. The molecule has 3 heteroatoms. The molecule has 0 saturated heterocycles. The molecular weight excluding hydrogens is 291 g/mol. The number of hydrogen-bond donors (Lipinski definition) is 0. The number of benzene rings is 2. The van der Waals surface area contributed by atoms with Crippen LogP contribution in [0.3, 0.4) is 0 Å². The van der Waals surface area contributed by atoms with Crippen molar-refractivity contribution in [2.75, 3.05) is 7.11 Å². The zero-order chi connectivity index (χ0) is 14.9. The summed E-state index contributed by atoms with van der Waals surface area (Å²) < 4.78 is 5.17. The molecule has 2 aromatic carbocycles. The molecule has 0 aliphatic carbocycles. The zero-order valence-corrected chi connectivity index (χ0v) is 13.6. The molecule has 0 amide bonds. The largest absolute Gasteiger partial charge is 0.497 e. The highest BCUT2D eigenvalue weighted by molar-refractivity contribution is 6.33. The standard InChI is InChI=1S/C17H18Cl2O/c1-10-7-11(2)16(12(3)8-10)17(19)14-6-5-13(20-4)9-15(14)18/h5-9,17H,1-4H3. The van der Waals surface area contributed by atoms with Crippen LogP contribution in [0.1, 0.15) is 33.2 Å². The fraction of sp³-hybridized carbons (Fsp3) is 0.294. The van der Waals surface area contributed by atoms with Gasteiger partial charge in [0, 0.05) is 5.02 Å². The van der Waals surface area contributed by atoms with Crippen molar-refractivity contribution in [1.82, 2.24) is 0 Å². The fourth-order valence-electron chi connectivity index (χ4n) is 2.59. The lowest BCUT2D eigenvalue weighted by molar-refractivity contribution is 0.414. The van der Waals surface area contributed by atoms with Crippen LogP contribution >= 0.6 is 23.2 Å². The van der Waals surface area contributed by atoms with Gasteiger partial charge in [0.1, 0.15) is 5.75 Å². The maximum absolute atomic E-state index is 6.67. The maximum atomic E-state index is 6.67. The van der Waals surface area contributed by atoms with Crippen molar-refractivity contribution >= 4 is 23.2 Å². The van der Waals surface area contributed by atoms with E-state index in [1.807, 2.05) is 12.1 Å². The van der Waals surface area contributed by atoms with E-state index < -0.39 is 0 Å². The zero-order valence-electron chi connectivity index (χ0n) is 12.1. The quantitative estimate of drug-likeness (QED) is 0.670. The fourth-order valence-corrected chi connectivity index (χ4v) is 3.46. The summed E-state index contributed by atoms with van der Waals surface area (Å²) in [6.45, 7) is 6.26. The minimum atomic E-state index is -0.256. The predicted molar refractivity (Wildman–Crippen MR) is 86.4 cm³/mol. The summed E-state index contributed by atoms with van der Waals surface area (Å²) in [6.07, 6.45) is 0. The highest BCUT2D eigenvalue weighted by atomic mass is 35.5. The molecule has 0 radical (unpaired) electrons. The molecule has 1 atom stereocenters. The Morgan fingerprint density at radius 2 is 1.60 bits per heavy atom. The first kappa shape index (κ1) is 15.2. The van der Waals surface area contributed by atoms with Gasteiger partial charge in [-0.2, -0.15) is 0 Å². The maximum Gasteiger partial charge on any atom is 0.120 e. The van der Waals surface area contributed by atoms with Crippen LogP contribution in [0.2, 0.25) is 5.02 Å². The van der Waals surface area contributed by atoms with Crippen molar-refractivity contribution in [3.8, 4) is 5.75 Å². The Labute approximate surface area is 130 Å². The van der Waals surface area contributed by atoms with Gasteiger partial charge in [0.25, 0.3) is 0 Å². The SMILES string of the molecule is COc1ccc(C(Cl)c2c(C)cc(C)cc2C)c(Cl)c1. The third kappa shape index (κ3) is 2.94.